The fourth-order valence-corrected chi connectivity index (χ4v) is 2.09. The van der Waals surface area contributed by atoms with Crippen LogP contribution in [0.1, 0.15) is 16.9 Å². The van der Waals surface area contributed by atoms with Gasteiger partial charge in [-0.15, -0.1) is 0 Å². The normalized spacial score (nSPS) is 10.6. The van der Waals surface area contributed by atoms with E-state index in [0.29, 0.717) is 5.82 Å². The van der Waals surface area contributed by atoms with E-state index in [0.717, 1.165) is 22.2 Å². The van der Waals surface area contributed by atoms with Crippen molar-refractivity contribution in [3.63, 3.8) is 0 Å². The Morgan fingerprint density at radius 1 is 1.31 bits per heavy atom. The van der Waals surface area contributed by atoms with Gasteiger partial charge in [-0.1, -0.05) is 29.4 Å². The van der Waals surface area contributed by atoms with E-state index in [2.05, 4.69) is 58.9 Å². The molecule has 1 heterocycles. The standard InChI is InChI=1S/C12H13IN2O/c1-8-4-2-3-5-9(8)6-7-10-11(13)12(14)15-16-10/h2-5H,6-7H2,1H3,(H2,14,15). The summed E-state index contributed by atoms with van der Waals surface area (Å²) >= 11 is 2.17. The Morgan fingerprint density at radius 2 is 2.06 bits per heavy atom. The van der Waals surface area contributed by atoms with Crippen LogP contribution in [0.2, 0.25) is 0 Å². The lowest BCUT2D eigenvalue weighted by atomic mass is 10.0. The van der Waals surface area contributed by atoms with Crippen LogP contribution in [0.5, 0.6) is 0 Å². The number of aromatic nitrogens is 1. The van der Waals surface area contributed by atoms with Crippen molar-refractivity contribution < 1.29 is 4.52 Å². The Balaban J connectivity index is 2.08. The Bertz CT molecular complexity index is 494. The molecular weight excluding hydrogens is 315 g/mol. The van der Waals surface area contributed by atoms with Gasteiger partial charge in [-0.05, 0) is 47.1 Å². The van der Waals surface area contributed by atoms with Gasteiger partial charge >= 0.3 is 0 Å². The maximum Gasteiger partial charge on any atom is 0.180 e. The van der Waals surface area contributed by atoms with Crippen molar-refractivity contribution in [1.82, 2.24) is 5.16 Å². The lowest BCUT2D eigenvalue weighted by molar-refractivity contribution is 0.384. The van der Waals surface area contributed by atoms with Crippen molar-refractivity contribution in [2.24, 2.45) is 0 Å². The third-order valence-corrected chi connectivity index (χ3v) is 3.76. The first-order chi connectivity index (χ1) is 7.68. The number of nitrogens with two attached hydrogens (primary N) is 1. The third-order valence-electron chi connectivity index (χ3n) is 2.61. The highest BCUT2D eigenvalue weighted by Gasteiger charge is 2.10. The molecule has 2 N–H and O–H groups in total. The summed E-state index contributed by atoms with van der Waals surface area (Å²) in [4.78, 5) is 0. The second-order valence-electron chi connectivity index (χ2n) is 3.73. The number of hydrogen-bond donors (Lipinski definition) is 1. The van der Waals surface area contributed by atoms with Crippen LogP contribution in [0.3, 0.4) is 0 Å². The van der Waals surface area contributed by atoms with E-state index >= 15 is 0 Å². The number of anilines is 1. The largest absolute Gasteiger partial charge is 0.380 e. The van der Waals surface area contributed by atoms with Crippen LogP contribution in [-0.2, 0) is 12.8 Å². The minimum Gasteiger partial charge on any atom is -0.380 e. The Labute approximate surface area is 108 Å². The number of rotatable bonds is 3. The molecule has 2 aromatic rings. The fraction of sp³-hybridized carbons (Fsp3) is 0.250. The predicted molar refractivity (Wildman–Crippen MR) is 72.2 cm³/mol. The zero-order valence-corrected chi connectivity index (χ0v) is 11.2. The van der Waals surface area contributed by atoms with Gasteiger partial charge in [0, 0.05) is 6.42 Å². The molecule has 0 amide bonds. The molecule has 0 bridgehead atoms. The number of benzene rings is 1. The number of aryl methyl sites for hydroxylation is 3. The SMILES string of the molecule is Cc1ccccc1CCc1onc(N)c1I. The van der Waals surface area contributed by atoms with E-state index in [9.17, 15) is 0 Å². The van der Waals surface area contributed by atoms with Gasteiger partial charge < -0.3 is 10.3 Å². The molecule has 3 nitrogen and oxygen atoms in total. The summed E-state index contributed by atoms with van der Waals surface area (Å²) < 4.78 is 6.11. The van der Waals surface area contributed by atoms with Gasteiger partial charge in [-0.25, -0.2) is 0 Å². The average Bonchev–Trinajstić information content (AvgIpc) is 2.59. The second kappa shape index (κ2) is 4.86. The van der Waals surface area contributed by atoms with Gasteiger partial charge in [-0.2, -0.15) is 0 Å². The third kappa shape index (κ3) is 2.37. The lowest BCUT2D eigenvalue weighted by Crippen LogP contribution is -1.94. The number of nitrogens with zero attached hydrogens (tertiary/aromatic N) is 1. The summed E-state index contributed by atoms with van der Waals surface area (Å²) in [5.74, 6) is 1.36. The molecule has 84 valence electrons. The van der Waals surface area contributed by atoms with Gasteiger partial charge in [0.2, 0.25) is 0 Å². The molecule has 4 heteroatoms. The van der Waals surface area contributed by atoms with Crippen LogP contribution < -0.4 is 5.73 Å². The maximum absolute atomic E-state index is 5.63. The first kappa shape index (κ1) is 11.4. The molecule has 0 spiro atoms. The number of halogens is 1. The van der Waals surface area contributed by atoms with Gasteiger partial charge in [-0.3, -0.25) is 0 Å². The molecule has 0 atom stereocenters. The number of nitrogen functional groups attached to an aromatic ring is 1. The molecular formula is C12H13IN2O. The van der Waals surface area contributed by atoms with E-state index in [1.165, 1.54) is 11.1 Å². The number of hydrogen-bond acceptors (Lipinski definition) is 3. The first-order valence-electron chi connectivity index (χ1n) is 5.12. The summed E-state index contributed by atoms with van der Waals surface area (Å²) in [7, 11) is 0. The summed E-state index contributed by atoms with van der Waals surface area (Å²) in [5, 5.41) is 3.75. The van der Waals surface area contributed by atoms with Crippen LogP contribution >= 0.6 is 22.6 Å². The van der Waals surface area contributed by atoms with Gasteiger partial charge in [0.1, 0.15) is 0 Å². The fourth-order valence-electron chi connectivity index (χ4n) is 1.62. The molecule has 0 radical (unpaired) electrons. The second-order valence-corrected chi connectivity index (χ2v) is 4.81. The molecule has 0 saturated carbocycles. The average molecular weight is 328 g/mol. The molecule has 0 fully saturated rings. The topological polar surface area (TPSA) is 52.0 Å². The van der Waals surface area contributed by atoms with Crippen LogP contribution in [0, 0.1) is 10.5 Å². The minimum absolute atomic E-state index is 0.486. The molecule has 1 aromatic carbocycles. The van der Waals surface area contributed by atoms with Crippen LogP contribution in [0.15, 0.2) is 28.8 Å². The summed E-state index contributed by atoms with van der Waals surface area (Å²) in [6.07, 6.45) is 1.80. The molecule has 1 aromatic heterocycles. The van der Waals surface area contributed by atoms with E-state index in [1.807, 2.05) is 0 Å². The Morgan fingerprint density at radius 3 is 2.69 bits per heavy atom. The molecule has 0 aliphatic carbocycles. The first-order valence-corrected chi connectivity index (χ1v) is 6.20. The molecule has 0 unspecified atom stereocenters. The lowest BCUT2D eigenvalue weighted by Gasteiger charge is -2.03. The van der Waals surface area contributed by atoms with E-state index < -0.39 is 0 Å². The minimum atomic E-state index is 0.486. The van der Waals surface area contributed by atoms with Crippen LogP contribution in [0.25, 0.3) is 0 Å². The molecule has 0 saturated heterocycles. The maximum atomic E-state index is 5.63. The van der Waals surface area contributed by atoms with Crippen LogP contribution in [-0.4, -0.2) is 5.16 Å². The summed E-state index contributed by atoms with van der Waals surface area (Å²) in [6.45, 7) is 2.12. The Kier molecular flexibility index (Phi) is 3.48. The molecule has 0 aliphatic rings. The van der Waals surface area contributed by atoms with Gasteiger partial charge in [0.15, 0.2) is 11.6 Å². The van der Waals surface area contributed by atoms with Gasteiger partial charge in [0.05, 0.1) is 3.57 Å². The van der Waals surface area contributed by atoms with Crippen molar-refractivity contribution in [2.75, 3.05) is 5.73 Å². The van der Waals surface area contributed by atoms with Crippen molar-refractivity contribution in [2.45, 2.75) is 19.8 Å². The van der Waals surface area contributed by atoms with E-state index in [-0.39, 0.29) is 0 Å². The molecule has 16 heavy (non-hydrogen) atoms. The van der Waals surface area contributed by atoms with Crippen molar-refractivity contribution >= 4 is 28.4 Å². The smallest absolute Gasteiger partial charge is 0.180 e. The summed E-state index contributed by atoms with van der Waals surface area (Å²) in [5.41, 5.74) is 8.28. The van der Waals surface area contributed by atoms with Crippen LogP contribution in [0.4, 0.5) is 5.82 Å². The highest BCUT2D eigenvalue weighted by Crippen LogP contribution is 2.20. The molecule has 2 rings (SSSR count). The zero-order valence-electron chi connectivity index (χ0n) is 9.03. The van der Waals surface area contributed by atoms with Crippen molar-refractivity contribution in [3.05, 3.63) is 44.7 Å². The Hall–Kier alpha value is -1.04. The van der Waals surface area contributed by atoms with E-state index in [1.54, 1.807) is 0 Å². The van der Waals surface area contributed by atoms with E-state index in [4.69, 9.17) is 10.3 Å². The molecule has 0 aliphatic heterocycles. The monoisotopic (exact) mass is 328 g/mol. The zero-order chi connectivity index (χ0) is 11.5. The van der Waals surface area contributed by atoms with Crippen molar-refractivity contribution in [1.29, 1.82) is 0 Å². The predicted octanol–water partition coefficient (Wildman–Crippen LogP) is 2.96. The van der Waals surface area contributed by atoms with Crippen molar-refractivity contribution in [3.8, 4) is 0 Å². The van der Waals surface area contributed by atoms with Gasteiger partial charge in [0.25, 0.3) is 0 Å². The highest BCUT2D eigenvalue weighted by atomic mass is 127. The quantitative estimate of drug-likeness (QED) is 0.882. The summed E-state index contributed by atoms with van der Waals surface area (Å²) in [6, 6.07) is 8.37. The highest BCUT2D eigenvalue weighted by molar-refractivity contribution is 14.1.